The minimum absolute atomic E-state index is 0. The maximum absolute atomic E-state index is 12.7. The number of nitrogens with zero attached hydrogens (tertiary/aromatic N) is 5. The number of allylic oxidation sites excluding steroid dienone is 1. The Kier molecular flexibility index (Phi) is 11.7. The number of aryl methyl sites for hydroxylation is 1. The number of benzene rings is 1. The molecule has 0 atom stereocenters. The van der Waals surface area contributed by atoms with Gasteiger partial charge in [-0.1, -0.05) is 37.3 Å². The molecule has 3 heterocycles. The molecule has 0 spiro atoms. The van der Waals surface area contributed by atoms with Crippen molar-refractivity contribution in [2.24, 2.45) is 10.7 Å². The van der Waals surface area contributed by atoms with E-state index in [1.54, 1.807) is 45.4 Å². The second-order valence-electron chi connectivity index (χ2n) is 9.20. The molecule has 0 radical (unpaired) electrons. The average Bonchev–Trinajstić information content (AvgIpc) is 3.27. The van der Waals surface area contributed by atoms with Crippen molar-refractivity contribution < 1.29 is 61.0 Å². The smallest absolute Gasteiger partial charge is 0.690 e. The van der Waals surface area contributed by atoms with E-state index in [1.165, 1.54) is 0 Å². The zero-order valence-corrected chi connectivity index (χ0v) is 26.2. The largest absolute Gasteiger partial charge is 1.00 e. The fourth-order valence-electron chi connectivity index (χ4n) is 3.62. The molecule has 0 bridgehead atoms. The van der Waals surface area contributed by atoms with E-state index >= 15 is 0 Å². The second kappa shape index (κ2) is 14.3. The Bertz CT molecular complexity index is 1460. The van der Waals surface area contributed by atoms with Crippen LogP contribution in [0.4, 0.5) is 5.69 Å². The summed E-state index contributed by atoms with van der Waals surface area (Å²) >= 11 is 0. The molecular formula is C29H30KN7O2. The van der Waals surface area contributed by atoms with Crippen LogP contribution in [-0.2, 0) is 10.2 Å². The van der Waals surface area contributed by atoms with Crippen LogP contribution in [0.5, 0.6) is 0 Å². The van der Waals surface area contributed by atoms with Crippen LogP contribution in [0.15, 0.2) is 77.2 Å². The minimum atomic E-state index is -0.762. The van der Waals surface area contributed by atoms with E-state index in [4.69, 9.17) is 5.73 Å². The van der Waals surface area contributed by atoms with Crippen LogP contribution < -0.4 is 62.4 Å². The van der Waals surface area contributed by atoms with E-state index in [0.29, 0.717) is 29.2 Å². The third-order valence-electron chi connectivity index (χ3n) is 6.03. The van der Waals surface area contributed by atoms with Gasteiger partial charge in [0.15, 0.2) is 0 Å². The third kappa shape index (κ3) is 8.39. The van der Waals surface area contributed by atoms with Crippen LogP contribution in [-0.4, -0.2) is 34.7 Å². The van der Waals surface area contributed by atoms with E-state index in [9.17, 15) is 14.9 Å². The van der Waals surface area contributed by atoms with Gasteiger partial charge in [0.1, 0.15) is 5.84 Å². The number of amidine groups is 1. The van der Waals surface area contributed by atoms with E-state index in [2.05, 4.69) is 31.7 Å². The van der Waals surface area contributed by atoms with Crippen LogP contribution in [0.25, 0.3) is 16.4 Å². The molecule has 1 aliphatic heterocycles. The van der Waals surface area contributed by atoms with Crippen LogP contribution in [0.2, 0.25) is 0 Å². The van der Waals surface area contributed by atoms with Crippen LogP contribution in [0.3, 0.4) is 0 Å². The first-order valence-corrected chi connectivity index (χ1v) is 11.9. The summed E-state index contributed by atoms with van der Waals surface area (Å²) in [6.07, 6.45) is 3.49. The number of anilines is 1. The van der Waals surface area contributed by atoms with E-state index in [0.717, 1.165) is 28.1 Å². The number of pyridine rings is 2. The zero-order valence-electron chi connectivity index (χ0n) is 23.1. The molecule has 1 aliphatic rings. The zero-order chi connectivity index (χ0) is 27.9. The van der Waals surface area contributed by atoms with Gasteiger partial charge in [0, 0.05) is 23.0 Å². The van der Waals surface area contributed by atoms with E-state index in [-0.39, 0.29) is 63.2 Å². The summed E-state index contributed by atoms with van der Waals surface area (Å²) in [5.74, 6) is -0.129. The van der Waals surface area contributed by atoms with Gasteiger partial charge in [-0.05, 0) is 50.1 Å². The number of aromatic nitrogens is 2. The fraction of sp³-hybridized carbons (Fsp3) is 0.241. The number of nitrogens with one attached hydrogen (secondary N) is 1. The van der Waals surface area contributed by atoms with Crippen molar-refractivity contribution in [3.8, 4) is 17.2 Å². The summed E-state index contributed by atoms with van der Waals surface area (Å²) in [6.45, 7) is 7.30. The summed E-state index contributed by atoms with van der Waals surface area (Å²) in [5, 5.41) is 16.1. The first-order valence-electron chi connectivity index (χ1n) is 11.9. The molecule has 0 aliphatic carbocycles. The molecule has 3 N–H and O–H groups in total. The molecular weight excluding hydrogens is 517 g/mol. The molecule has 4 rings (SSSR count). The number of amides is 2. The number of aliphatic imine (C=N–C) groups is 1. The minimum Gasteiger partial charge on any atom is -0.690 e. The molecule has 194 valence electrons. The quantitative estimate of drug-likeness (QED) is 0.467. The summed E-state index contributed by atoms with van der Waals surface area (Å²) in [6, 6.07) is 17.3. The molecule has 1 aromatic carbocycles. The Labute approximate surface area is 271 Å². The first-order chi connectivity index (χ1) is 18.1. The van der Waals surface area contributed by atoms with Crippen molar-refractivity contribution in [2.45, 2.75) is 39.5 Å². The summed E-state index contributed by atoms with van der Waals surface area (Å²) in [7, 11) is 1.67. The van der Waals surface area contributed by atoms with E-state index in [1.807, 2.05) is 50.2 Å². The monoisotopic (exact) mass is 547 g/mol. The van der Waals surface area contributed by atoms with Gasteiger partial charge in [0.05, 0.1) is 35.5 Å². The van der Waals surface area contributed by atoms with Crippen LogP contribution in [0.1, 0.15) is 48.9 Å². The van der Waals surface area contributed by atoms with Gasteiger partial charge in [-0.25, -0.2) is 0 Å². The molecule has 10 heteroatoms. The van der Waals surface area contributed by atoms with Gasteiger partial charge in [-0.3, -0.25) is 19.6 Å². The summed E-state index contributed by atoms with van der Waals surface area (Å²) in [5.41, 5.74) is 10.8. The number of carbonyl (C=O) groups excluding carboxylic acids is 2. The Morgan fingerprint density at radius 1 is 1.15 bits per heavy atom. The van der Waals surface area contributed by atoms with Crippen molar-refractivity contribution in [1.29, 1.82) is 5.26 Å². The van der Waals surface area contributed by atoms with Crippen LogP contribution >= 0.6 is 0 Å². The van der Waals surface area contributed by atoms with Crippen molar-refractivity contribution in [3.63, 3.8) is 0 Å². The number of nitriles is 1. The number of rotatable bonds is 5. The maximum atomic E-state index is 12.7. The molecule has 2 amide bonds. The van der Waals surface area contributed by atoms with Crippen LogP contribution in [0, 0.1) is 18.3 Å². The van der Waals surface area contributed by atoms with Crippen molar-refractivity contribution >= 4 is 23.3 Å². The Morgan fingerprint density at radius 3 is 2.44 bits per heavy atom. The van der Waals surface area contributed by atoms with Gasteiger partial charge in [0.25, 0.3) is 11.8 Å². The molecule has 0 fully saturated rings. The van der Waals surface area contributed by atoms with Gasteiger partial charge in [-0.2, -0.15) is 16.0 Å². The Morgan fingerprint density at radius 2 is 1.85 bits per heavy atom. The summed E-state index contributed by atoms with van der Waals surface area (Å²) < 4.78 is 0. The average molecular weight is 548 g/mol. The predicted octanol–water partition coefficient (Wildman–Crippen LogP) is 2.06. The molecule has 2 aromatic heterocycles. The van der Waals surface area contributed by atoms with Gasteiger partial charge in [0.2, 0.25) is 0 Å². The van der Waals surface area contributed by atoms with E-state index < -0.39 is 5.41 Å². The number of hydrogen-bond acceptors (Lipinski definition) is 6. The number of hydrogen-bond donors (Lipinski definition) is 2. The van der Waals surface area contributed by atoms with Gasteiger partial charge >= 0.3 is 51.4 Å². The van der Waals surface area contributed by atoms with Crippen molar-refractivity contribution in [3.05, 3.63) is 94.5 Å². The normalized spacial score (nSPS) is 13.6. The first kappa shape index (κ1) is 32.0. The van der Waals surface area contributed by atoms with Crippen molar-refractivity contribution in [2.75, 3.05) is 12.4 Å². The predicted molar refractivity (Wildman–Crippen MR) is 148 cm³/mol. The second-order valence-corrected chi connectivity index (χ2v) is 9.20. The maximum Gasteiger partial charge on any atom is 1.00 e. The molecule has 0 unspecified atom stereocenters. The Balaban J connectivity index is 0.000000375. The number of nitrogens with two attached hydrogens (primary N) is 1. The molecule has 9 nitrogen and oxygen atoms in total. The summed E-state index contributed by atoms with van der Waals surface area (Å²) in [4.78, 5) is 35.6. The standard InChI is InChI=1S/C22H20N4O.C7H11N3O.K/c1-15-19(16-7-5-4-6-8-16)12-18(13-25-15)26-21(27)17-9-10-24-20(11-17)22(2,3)14-23;1-4(9-2)5-3-6(11)10-7(5)8;/h4-13H,1-3H3,(H,26,27);3H2,1-2H3,(H3,8,9,10,11);/q;;+1/p-1. The van der Waals surface area contributed by atoms with Gasteiger partial charge in [-0.15, -0.1) is 7.05 Å². The molecule has 0 saturated heterocycles. The number of carbonyl (C=O) groups is 2. The molecule has 0 saturated carbocycles. The topological polar surface area (TPSA) is 148 Å². The van der Waals surface area contributed by atoms with Gasteiger partial charge < -0.3 is 16.4 Å². The fourth-order valence-corrected chi connectivity index (χ4v) is 3.62. The Hall–Kier alpha value is -3.20. The molecule has 39 heavy (non-hydrogen) atoms. The third-order valence-corrected chi connectivity index (χ3v) is 6.03. The van der Waals surface area contributed by atoms with Crippen molar-refractivity contribution in [1.82, 2.24) is 9.97 Å². The molecule has 3 aromatic rings. The SMILES string of the molecule is C[N-]/C(C)=C1/CC(=O)N=C1N.Cc1ncc(NC(=O)c2ccnc(C(C)(C)C#N)c2)cc1-c1ccccc1.[K+].